The topological polar surface area (TPSA) is 78.4 Å². The van der Waals surface area contributed by atoms with Gasteiger partial charge in [-0.25, -0.2) is 9.59 Å². The number of hydrogen-bond donors (Lipinski definition) is 3. The molecule has 1 aromatic rings. The number of halogens is 1. The molecule has 0 atom stereocenters. The molecule has 0 radical (unpaired) electrons. The minimum absolute atomic E-state index is 0.0593. The highest BCUT2D eigenvalue weighted by Crippen LogP contribution is 2.20. The predicted molar refractivity (Wildman–Crippen MR) is 73.5 cm³/mol. The molecule has 0 fully saturated rings. The van der Waals surface area contributed by atoms with Crippen molar-refractivity contribution in [3.05, 3.63) is 28.8 Å². The minimum atomic E-state index is -1.16. The number of aromatic carboxylic acids is 1. The van der Waals surface area contributed by atoms with Gasteiger partial charge in [0.2, 0.25) is 0 Å². The lowest BCUT2D eigenvalue weighted by Crippen LogP contribution is -2.30. The molecular formula is C13H13ClN2O3. The van der Waals surface area contributed by atoms with Crippen molar-refractivity contribution in [2.75, 3.05) is 11.9 Å². The molecule has 0 aliphatic rings. The van der Waals surface area contributed by atoms with Crippen molar-refractivity contribution < 1.29 is 14.7 Å². The van der Waals surface area contributed by atoms with Crippen LogP contribution >= 0.6 is 11.6 Å². The van der Waals surface area contributed by atoms with Gasteiger partial charge in [0.15, 0.2) is 0 Å². The Bertz CT molecular complexity index is 547. The molecule has 0 saturated heterocycles. The number of rotatable bonds is 4. The number of urea groups is 1. The van der Waals surface area contributed by atoms with Crippen molar-refractivity contribution >= 4 is 29.3 Å². The van der Waals surface area contributed by atoms with Gasteiger partial charge in [0.25, 0.3) is 0 Å². The Labute approximate surface area is 116 Å². The van der Waals surface area contributed by atoms with Crippen LogP contribution < -0.4 is 10.6 Å². The van der Waals surface area contributed by atoms with Gasteiger partial charge in [-0.2, -0.15) is 0 Å². The Morgan fingerprint density at radius 2 is 2.16 bits per heavy atom. The molecule has 6 heteroatoms. The highest BCUT2D eigenvalue weighted by Gasteiger charge is 2.12. The van der Waals surface area contributed by atoms with Gasteiger partial charge in [-0.3, -0.25) is 0 Å². The van der Waals surface area contributed by atoms with Gasteiger partial charge in [0, 0.05) is 18.0 Å². The Morgan fingerprint density at radius 1 is 1.42 bits per heavy atom. The normalized spacial score (nSPS) is 9.16. The lowest BCUT2D eigenvalue weighted by Gasteiger charge is -2.09. The lowest BCUT2D eigenvalue weighted by molar-refractivity contribution is 0.0698. The monoisotopic (exact) mass is 280 g/mol. The fourth-order valence-electron chi connectivity index (χ4n) is 1.33. The molecule has 1 rings (SSSR count). The average Bonchev–Trinajstić information content (AvgIpc) is 2.36. The average molecular weight is 281 g/mol. The molecule has 0 saturated carbocycles. The summed E-state index contributed by atoms with van der Waals surface area (Å²) in [5.41, 5.74) is 0.131. The number of anilines is 1. The van der Waals surface area contributed by atoms with Gasteiger partial charge < -0.3 is 15.7 Å². The number of carbonyl (C=O) groups excluding carboxylic acids is 1. The van der Waals surface area contributed by atoms with Crippen LogP contribution in [-0.4, -0.2) is 23.7 Å². The van der Waals surface area contributed by atoms with E-state index in [0.717, 1.165) is 0 Å². The summed E-state index contributed by atoms with van der Waals surface area (Å²) in [5, 5.41) is 14.3. The molecule has 0 bridgehead atoms. The fourth-order valence-corrected chi connectivity index (χ4v) is 1.50. The van der Waals surface area contributed by atoms with Gasteiger partial charge in [-0.15, -0.1) is 11.8 Å². The van der Waals surface area contributed by atoms with Crippen molar-refractivity contribution in [1.82, 2.24) is 5.32 Å². The van der Waals surface area contributed by atoms with E-state index in [1.807, 2.05) is 0 Å². The van der Waals surface area contributed by atoms with Crippen LogP contribution in [0.15, 0.2) is 18.2 Å². The number of carboxylic acid groups (broad SMARTS) is 1. The summed E-state index contributed by atoms with van der Waals surface area (Å²) in [7, 11) is 0. The molecule has 3 N–H and O–H groups in total. The first kappa shape index (κ1) is 14.9. The third-order valence-corrected chi connectivity index (χ3v) is 2.41. The molecule has 1 aromatic carbocycles. The molecule has 5 nitrogen and oxygen atoms in total. The lowest BCUT2D eigenvalue weighted by atomic mass is 10.2. The van der Waals surface area contributed by atoms with Crippen molar-refractivity contribution in [3.8, 4) is 11.8 Å². The summed E-state index contributed by atoms with van der Waals surface area (Å²) < 4.78 is 0. The molecule has 0 aliphatic heterocycles. The zero-order chi connectivity index (χ0) is 14.3. The molecule has 0 aromatic heterocycles. The van der Waals surface area contributed by atoms with E-state index in [9.17, 15) is 9.59 Å². The van der Waals surface area contributed by atoms with E-state index in [0.29, 0.717) is 18.0 Å². The quantitative estimate of drug-likeness (QED) is 0.586. The van der Waals surface area contributed by atoms with Gasteiger partial charge in [0.05, 0.1) is 11.3 Å². The number of carbonyl (C=O) groups is 2. The van der Waals surface area contributed by atoms with E-state index in [2.05, 4.69) is 22.5 Å². The van der Waals surface area contributed by atoms with Crippen LogP contribution in [0.1, 0.15) is 23.7 Å². The first-order chi connectivity index (χ1) is 9.04. The second kappa shape index (κ2) is 7.29. The van der Waals surface area contributed by atoms with Crippen molar-refractivity contribution in [3.63, 3.8) is 0 Å². The molecule has 0 aliphatic carbocycles. The minimum Gasteiger partial charge on any atom is -0.478 e. The Morgan fingerprint density at radius 3 is 2.79 bits per heavy atom. The number of hydrogen-bond acceptors (Lipinski definition) is 2. The molecule has 0 unspecified atom stereocenters. The van der Waals surface area contributed by atoms with E-state index in [4.69, 9.17) is 16.7 Å². The summed E-state index contributed by atoms with van der Waals surface area (Å²) in [6.45, 7) is 2.11. The zero-order valence-electron chi connectivity index (χ0n) is 10.3. The summed E-state index contributed by atoms with van der Waals surface area (Å²) in [6, 6.07) is 3.74. The second-order valence-corrected chi connectivity index (χ2v) is 3.99. The Balaban J connectivity index is 2.67. The number of carboxylic acids is 1. The molecule has 2 amide bonds. The zero-order valence-corrected chi connectivity index (χ0v) is 11.0. The number of amides is 2. The fraction of sp³-hybridized carbons (Fsp3) is 0.231. The van der Waals surface area contributed by atoms with Crippen LogP contribution in [-0.2, 0) is 0 Å². The largest absolute Gasteiger partial charge is 0.478 e. The van der Waals surface area contributed by atoms with E-state index >= 15 is 0 Å². The molecule has 0 heterocycles. The first-order valence-corrected chi connectivity index (χ1v) is 5.89. The standard InChI is InChI=1S/C13H13ClN2O3/c1-2-3-4-7-15-13(19)16-11-6-5-9(14)8-10(11)12(17)18/h5-6,8H,4,7H2,1H3,(H,17,18)(H2,15,16,19). The third-order valence-electron chi connectivity index (χ3n) is 2.17. The van der Waals surface area contributed by atoms with Gasteiger partial charge >= 0.3 is 12.0 Å². The van der Waals surface area contributed by atoms with E-state index < -0.39 is 12.0 Å². The number of nitrogens with one attached hydrogen (secondary N) is 2. The van der Waals surface area contributed by atoms with Crippen LogP contribution in [0.3, 0.4) is 0 Å². The van der Waals surface area contributed by atoms with Crippen LogP contribution in [0.4, 0.5) is 10.5 Å². The number of benzene rings is 1. The summed E-state index contributed by atoms with van der Waals surface area (Å²) in [4.78, 5) is 22.5. The van der Waals surface area contributed by atoms with Crippen LogP contribution in [0, 0.1) is 11.8 Å². The van der Waals surface area contributed by atoms with E-state index in [1.165, 1.54) is 18.2 Å². The third kappa shape index (κ3) is 4.90. The van der Waals surface area contributed by atoms with Crippen molar-refractivity contribution in [2.45, 2.75) is 13.3 Å². The smallest absolute Gasteiger partial charge is 0.337 e. The van der Waals surface area contributed by atoms with E-state index in [1.54, 1.807) is 6.92 Å². The van der Waals surface area contributed by atoms with Crippen LogP contribution in [0.25, 0.3) is 0 Å². The summed E-state index contributed by atoms with van der Waals surface area (Å²) in [6.07, 6.45) is 0.538. The molecule has 0 spiro atoms. The highest BCUT2D eigenvalue weighted by molar-refractivity contribution is 6.31. The maximum atomic E-state index is 11.5. The predicted octanol–water partition coefficient (Wildman–Crippen LogP) is 2.57. The van der Waals surface area contributed by atoms with Crippen molar-refractivity contribution in [1.29, 1.82) is 0 Å². The van der Waals surface area contributed by atoms with Gasteiger partial charge in [0.1, 0.15) is 0 Å². The first-order valence-electron chi connectivity index (χ1n) is 5.52. The SMILES string of the molecule is CC#CCCNC(=O)Nc1ccc(Cl)cc1C(=O)O. The summed E-state index contributed by atoms with van der Waals surface area (Å²) in [5.74, 6) is 4.35. The van der Waals surface area contributed by atoms with Crippen LogP contribution in [0.2, 0.25) is 5.02 Å². The molecule has 100 valence electrons. The Hall–Kier alpha value is -2.19. The molecule has 19 heavy (non-hydrogen) atoms. The summed E-state index contributed by atoms with van der Waals surface area (Å²) >= 11 is 5.71. The van der Waals surface area contributed by atoms with Gasteiger partial charge in [-0.1, -0.05) is 11.6 Å². The van der Waals surface area contributed by atoms with E-state index in [-0.39, 0.29) is 11.3 Å². The Kier molecular flexibility index (Phi) is 5.71. The van der Waals surface area contributed by atoms with Crippen LogP contribution in [0.5, 0.6) is 0 Å². The second-order valence-electron chi connectivity index (χ2n) is 3.55. The van der Waals surface area contributed by atoms with Crippen molar-refractivity contribution in [2.24, 2.45) is 0 Å². The highest BCUT2D eigenvalue weighted by atomic mass is 35.5. The molecular weight excluding hydrogens is 268 g/mol. The maximum Gasteiger partial charge on any atom is 0.337 e. The maximum absolute atomic E-state index is 11.5. The van der Waals surface area contributed by atoms with Gasteiger partial charge in [-0.05, 0) is 25.1 Å².